The number of nitrogens with zero attached hydrogens (tertiary/aromatic N) is 6. The van der Waals surface area contributed by atoms with Crippen LogP contribution in [-0.4, -0.2) is 45.0 Å². The molecule has 562 valence electrons. The molecule has 11 aromatic rings. The highest BCUT2D eigenvalue weighted by atomic mass is 19.4. The number of aliphatic hydroxyl groups is 1. The third-order valence-corrected chi connectivity index (χ3v) is 18.3. The van der Waals surface area contributed by atoms with E-state index >= 15 is 105 Å². The summed E-state index contributed by atoms with van der Waals surface area (Å²) in [5.41, 5.74) is -33.9. The summed E-state index contributed by atoms with van der Waals surface area (Å²) < 4.78 is 366. The van der Waals surface area contributed by atoms with Gasteiger partial charge in [0.25, 0.3) is 0 Å². The van der Waals surface area contributed by atoms with Crippen molar-refractivity contribution in [1.29, 1.82) is 0 Å². The number of halogens is 24. The number of nitrogens with one attached hydrogen (secondary N) is 2. The molecule has 109 heavy (non-hydrogen) atoms. The van der Waals surface area contributed by atoms with Gasteiger partial charge in [-0.3, -0.25) is 0 Å². The summed E-state index contributed by atoms with van der Waals surface area (Å²) in [6.07, 6.45) is -43.9. The molecule has 3 aromatic heterocycles. The monoisotopic (exact) mass is 1540 g/mol. The molecule has 5 heterocycles. The minimum Gasteiger partial charge on any atom is -0.376 e. The number of aromatic nitrogens is 8. The van der Waals surface area contributed by atoms with Gasteiger partial charge in [-0.25, -0.2) is 29.9 Å². The van der Waals surface area contributed by atoms with Crippen LogP contribution in [0.2, 0.25) is 0 Å². The maximum Gasteiger partial charge on any atom is 0.416 e. The number of hydrogen-bond acceptors (Lipinski definition) is 7. The van der Waals surface area contributed by atoms with Crippen molar-refractivity contribution in [2.75, 3.05) is 0 Å². The maximum absolute atomic E-state index is 15.5. The zero-order valence-corrected chi connectivity index (χ0v) is 54.8. The molecule has 2 atom stereocenters. The van der Waals surface area contributed by atoms with Crippen LogP contribution >= 0.6 is 0 Å². The van der Waals surface area contributed by atoms with E-state index in [2.05, 4.69) is 29.9 Å². The van der Waals surface area contributed by atoms with E-state index in [1.54, 1.807) is 0 Å². The average molecular weight is 1540 g/mol. The van der Waals surface area contributed by atoms with Crippen LogP contribution in [0.15, 0.2) is 194 Å². The van der Waals surface area contributed by atoms with Crippen LogP contribution in [0.1, 0.15) is 116 Å². The van der Waals surface area contributed by atoms with Gasteiger partial charge < -0.3 is 15.1 Å². The lowest BCUT2D eigenvalue weighted by molar-refractivity contribution is -0.138. The Morgan fingerprint density at radius 3 is 0.862 bits per heavy atom. The summed E-state index contributed by atoms with van der Waals surface area (Å²) >= 11 is 0. The Morgan fingerprint density at radius 2 is 0.550 bits per heavy atom. The van der Waals surface area contributed by atoms with E-state index in [4.69, 9.17) is 9.97 Å². The van der Waals surface area contributed by atoms with Crippen molar-refractivity contribution in [1.82, 2.24) is 39.9 Å². The second-order valence-electron chi connectivity index (χ2n) is 25.2. The summed E-state index contributed by atoms with van der Waals surface area (Å²) in [5, 5.41) is 14.7. The quantitative estimate of drug-likeness (QED) is 0.110. The molecule has 0 saturated carbocycles. The van der Waals surface area contributed by atoms with Gasteiger partial charge in [0, 0.05) is 33.4 Å². The van der Waals surface area contributed by atoms with E-state index in [1.807, 2.05) is 0 Å². The Morgan fingerprint density at radius 1 is 0.294 bits per heavy atom. The first-order chi connectivity index (χ1) is 50.9. The molecule has 13 rings (SSSR count). The molecule has 0 amide bonds. The van der Waals surface area contributed by atoms with E-state index in [0.29, 0.717) is 103 Å². The second kappa shape index (κ2) is 26.8. The molecule has 2 aliphatic rings. The summed E-state index contributed by atoms with van der Waals surface area (Å²) in [4.78, 5) is 33.4. The molecule has 0 fully saturated rings. The number of benzene rings is 8. The lowest BCUT2D eigenvalue weighted by Gasteiger charge is -2.42. The highest BCUT2D eigenvalue weighted by molar-refractivity contribution is 6.07. The number of unbranched alkanes of at least 4 members (excludes halogenated alkanes) is 1. The predicted molar refractivity (Wildman–Crippen MR) is 348 cm³/mol. The van der Waals surface area contributed by atoms with Gasteiger partial charge in [-0.15, -0.1) is 0 Å². The number of rotatable bonds is 11. The van der Waals surface area contributed by atoms with Gasteiger partial charge in [0.1, 0.15) is 28.4 Å². The van der Waals surface area contributed by atoms with Gasteiger partial charge in [-0.1, -0.05) is 123 Å². The number of H-pyrrole nitrogens is 2. The van der Waals surface area contributed by atoms with E-state index in [9.17, 15) is 5.11 Å². The molecule has 0 aliphatic carbocycles. The fourth-order valence-electron chi connectivity index (χ4n) is 13.4. The van der Waals surface area contributed by atoms with Crippen molar-refractivity contribution in [3.05, 3.63) is 284 Å². The second-order valence-corrected chi connectivity index (χ2v) is 25.2. The summed E-state index contributed by atoms with van der Waals surface area (Å²) in [7, 11) is 0. The van der Waals surface area contributed by atoms with Crippen LogP contribution in [0, 0.1) is 0 Å². The van der Waals surface area contributed by atoms with Crippen LogP contribution in [0.5, 0.6) is 0 Å². The maximum atomic E-state index is 15.5. The Kier molecular flexibility index (Phi) is 18.6. The molecule has 9 nitrogen and oxygen atoms in total. The standard InChI is InChI=1S/C76H44F24N8O/c1-2-3-28-67(43-18-10-26-51(35-43)75(95,96)97)65-106-63-57(41-16-8-24-49(33-41)73(89,90)91)55(39-14-6-22-47(31-39)71(83,84)85)61(104-63)102-59-53(37-12-4-20-45(29-37)69(77,78)79)54(38-13-5-21-46(30-38)70(80,81)82)60(101-59)103-62-56(40-15-7-23-48(32-40)72(86,87)88)58(42-17-9-25-50(34-42)74(92,93)94)64(105-62)107-66(108-65)68(67,109)44-19-11-27-52(36-44)76(98,99)100/h4-27,29-36,109H,2-3,28H2,1H3,(H2,101,102,103,104,105,106,107,108). The molecular weight excluding hydrogens is 1500 g/mol. The first kappa shape index (κ1) is 75.8. The Balaban J connectivity index is 1.39. The third-order valence-electron chi connectivity index (χ3n) is 18.3. The molecule has 2 unspecified atom stereocenters. The molecule has 0 saturated heterocycles. The minimum atomic E-state index is -5.40. The summed E-state index contributed by atoms with van der Waals surface area (Å²) in [5.74, 6) is -4.54. The van der Waals surface area contributed by atoms with Gasteiger partial charge in [-0.05, 0) is 142 Å². The Hall–Kier alpha value is -11.4. The van der Waals surface area contributed by atoms with Crippen molar-refractivity contribution in [3.63, 3.8) is 0 Å². The van der Waals surface area contributed by atoms with Crippen molar-refractivity contribution >= 4 is 33.7 Å². The Bertz CT molecular complexity index is 5620. The largest absolute Gasteiger partial charge is 0.416 e. The molecule has 0 spiro atoms. The number of fused-ring (bicyclic) bond motifs is 8. The normalized spacial score (nSPS) is 16.3. The van der Waals surface area contributed by atoms with Crippen molar-refractivity contribution < 1.29 is 110 Å². The first-order valence-corrected chi connectivity index (χ1v) is 32.1. The van der Waals surface area contributed by atoms with E-state index in [1.165, 1.54) is 6.92 Å². The molecular formula is C76H44F24N8O. The van der Waals surface area contributed by atoms with Crippen molar-refractivity contribution in [3.8, 4) is 44.5 Å². The Labute approximate surface area is 597 Å². The van der Waals surface area contributed by atoms with E-state index < -0.39 is 235 Å². The molecule has 2 aliphatic heterocycles. The molecule has 8 bridgehead atoms. The first-order valence-electron chi connectivity index (χ1n) is 32.1. The van der Waals surface area contributed by atoms with Gasteiger partial charge in [-0.2, -0.15) is 105 Å². The molecule has 3 N–H and O–H groups in total. The lowest BCUT2D eigenvalue weighted by Crippen LogP contribution is -2.49. The van der Waals surface area contributed by atoms with Crippen molar-refractivity contribution in [2.45, 2.75) is 86.6 Å². The average Bonchev–Trinajstić information content (AvgIpc) is 1.53. The van der Waals surface area contributed by atoms with E-state index in [0.717, 1.165) is 91.0 Å². The lowest BCUT2D eigenvalue weighted by atomic mass is 9.62. The topological polar surface area (TPSA) is 129 Å². The third kappa shape index (κ3) is 14.2. The smallest absolute Gasteiger partial charge is 0.376 e. The van der Waals surface area contributed by atoms with Crippen LogP contribution in [-0.2, 0) is 60.4 Å². The molecule has 0 radical (unpaired) electrons. The van der Waals surface area contributed by atoms with Crippen LogP contribution in [0.3, 0.4) is 0 Å². The van der Waals surface area contributed by atoms with Gasteiger partial charge in [0.2, 0.25) is 0 Å². The predicted octanol–water partition coefficient (Wildman–Crippen LogP) is 23.1. The van der Waals surface area contributed by atoms with Crippen LogP contribution in [0.25, 0.3) is 78.2 Å². The zero-order valence-electron chi connectivity index (χ0n) is 54.8. The minimum absolute atomic E-state index is 0.0768. The highest BCUT2D eigenvalue weighted by Crippen LogP contribution is 2.58. The number of hydrogen-bond donors (Lipinski definition) is 3. The van der Waals surface area contributed by atoms with Crippen LogP contribution in [0.4, 0.5) is 105 Å². The van der Waals surface area contributed by atoms with Crippen molar-refractivity contribution in [2.24, 2.45) is 0 Å². The highest BCUT2D eigenvalue weighted by Gasteiger charge is 2.63. The number of alkyl halides is 24. The SMILES string of the molecule is CCCCC1(c2cccc(C(F)(F)F)c2)c2nc(nc3[nH]c(nc4nc(nc5[nH]c(n2)c(-c2cccc(C(F)(F)F)c2)c5-c2cccc(C(F)(F)F)c2)C(c2cccc(C(F)(F)F)c2)=C4c2cccc(C(F)(F)F)c2)c(-c2cccc(C(F)(F)F)c2)c3-c2cccc(C(F)(F)F)c2)C1(O)c1cccc(C(F)(F)F)c1. The molecule has 8 aromatic carbocycles. The fraction of sp³-hybridized carbons (Fsp3) is 0.184. The van der Waals surface area contributed by atoms with Gasteiger partial charge in [0.15, 0.2) is 23.1 Å². The van der Waals surface area contributed by atoms with Gasteiger partial charge >= 0.3 is 49.4 Å². The zero-order chi connectivity index (χ0) is 78.7. The number of aromatic amines is 2. The van der Waals surface area contributed by atoms with E-state index in [-0.39, 0.29) is 12.8 Å². The molecule has 33 heteroatoms. The van der Waals surface area contributed by atoms with Crippen LogP contribution < -0.4 is 0 Å². The summed E-state index contributed by atoms with van der Waals surface area (Å²) in [6, 6.07) is 20.8. The fourth-order valence-corrected chi connectivity index (χ4v) is 13.4. The van der Waals surface area contributed by atoms with Gasteiger partial charge in [0.05, 0.1) is 49.9 Å². The summed E-state index contributed by atoms with van der Waals surface area (Å²) in [6.45, 7) is 1.48.